The van der Waals surface area contributed by atoms with Crippen LogP contribution in [0.3, 0.4) is 0 Å². The molecule has 3 aromatic rings. The van der Waals surface area contributed by atoms with Gasteiger partial charge in [0.1, 0.15) is 0 Å². The van der Waals surface area contributed by atoms with Crippen LogP contribution in [0.4, 0.5) is 0 Å². The van der Waals surface area contributed by atoms with Crippen LogP contribution in [0, 0.1) is 0 Å². The molecule has 0 radical (unpaired) electrons. The molecule has 0 aromatic heterocycles. The fourth-order valence-electron chi connectivity index (χ4n) is 3.47. The Balaban J connectivity index is 0.00000208. The molecular formula is C21H23Cl2P. The zero-order chi connectivity index (χ0) is 16.2. The van der Waals surface area contributed by atoms with Crippen molar-refractivity contribution in [2.75, 3.05) is 6.16 Å². The molecule has 0 aliphatic heterocycles. The van der Waals surface area contributed by atoms with Gasteiger partial charge in [-0.3, -0.25) is 0 Å². The van der Waals surface area contributed by atoms with Gasteiger partial charge in [-0.15, -0.1) is 12.4 Å². The molecule has 0 unspecified atom stereocenters. The maximum absolute atomic E-state index is 7.80. The Morgan fingerprint density at radius 1 is 0.625 bits per heavy atom. The molecule has 3 rings (SSSR count). The zero-order valence-electron chi connectivity index (χ0n) is 13.8. The summed E-state index contributed by atoms with van der Waals surface area (Å²) in [5.41, 5.74) is 0. The maximum atomic E-state index is 7.80. The van der Waals surface area contributed by atoms with Crippen LogP contribution in [0.25, 0.3) is 0 Å². The number of hydrogen-bond acceptors (Lipinski definition) is 0. The van der Waals surface area contributed by atoms with Crippen molar-refractivity contribution in [1.29, 1.82) is 0 Å². The first-order chi connectivity index (χ1) is 11.2. The van der Waals surface area contributed by atoms with E-state index < -0.39 is 5.96 Å². The summed E-state index contributed by atoms with van der Waals surface area (Å²) in [5.74, 6) is -2.96. The molecule has 0 heterocycles. The number of halogens is 2. The van der Waals surface area contributed by atoms with Crippen molar-refractivity contribution >= 4 is 45.5 Å². The fourth-order valence-corrected chi connectivity index (χ4v) is 9.88. The predicted molar refractivity (Wildman–Crippen MR) is 113 cm³/mol. The molecule has 0 fully saturated rings. The molecule has 0 saturated carbocycles. The molecule has 0 aliphatic carbocycles. The maximum Gasteiger partial charge on any atom is -0.147 e. The van der Waals surface area contributed by atoms with Gasteiger partial charge in [-0.05, 0) is 0 Å². The van der Waals surface area contributed by atoms with Crippen LogP contribution in [0.1, 0.15) is 13.3 Å². The molecule has 0 saturated heterocycles. The van der Waals surface area contributed by atoms with Crippen molar-refractivity contribution in [2.45, 2.75) is 13.3 Å². The van der Waals surface area contributed by atoms with Crippen LogP contribution >= 0.6 is 29.6 Å². The molecule has 0 amide bonds. The van der Waals surface area contributed by atoms with E-state index in [9.17, 15) is 0 Å². The minimum Gasteiger partial charge on any atom is -0.147 e. The van der Waals surface area contributed by atoms with Gasteiger partial charge in [0.25, 0.3) is 0 Å². The average Bonchev–Trinajstić information content (AvgIpc) is 2.64. The Kier molecular flexibility index (Phi) is 6.10. The molecule has 0 nitrogen and oxygen atoms in total. The van der Waals surface area contributed by atoms with Crippen LogP contribution < -0.4 is 15.9 Å². The fraction of sp³-hybridized carbons (Fsp3) is 0.143. The van der Waals surface area contributed by atoms with Crippen LogP contribution in [0.5, 0.6) is 0 Å². The van der Waals surface area contributed by atoms with Crippen molar-refractivity contribution < 1.29 is 0 Å². The second kappa shape index (κ2) is 7.70. The summed E-state index contributed by atoms with van der Waals surface area (Å²) in [5, 5.41) is 3.75. The van der Waals surface area contributed by atoms with E-state index in [1.165, 1.54) is 15.9 Å². The first kappa shape index (κ1) is 19.0. The van der Waals surface area contributed by atoms with Crippen molar-refractivity contribution in [3.63, 3.8) is 0 Å². The van der Waals surface area contributed by atoms with Crippen molar-refractivity contribution in [2.24, 2.45) is 0 Å². The predicted octanol–water partition coefficient (Wildman–Crippen LogP) is 5.50. The quantitative estimate of drug-likeness (QED) is 0.515. The Morgan fingerprint density at radius 2 is 0.917 bits per heavy atom. The van der Waals surface area contributed by atoms with Crippen molar-refractivity contribution in [3.05, 3.63) is 91.0 Å². The smallest absolute Gasteiger partial charge is 0.147 e. The van der Waals surface area contributed by atoms with Gasteiger partial charge in [-0.25, -0.2) is 0 Å². The Bertz CT molecular complexity index is 658. The Morgan fingerprint density at radius 3 is 1.17 bits per heavy atom. The topological polar surface area (TPSA) is 0 Å². The van der Waals surface area contributed by atoms with Crippen LogP contribution in [0.2, 0.25) is 0 Å². The van der Waals surface area contributed by atoms with Gasteiger partial charge in [0.05, 0.1) is 0 Å². The van der Waals surface area contributed by atoms with Gasteiger partial charge in [-0.1, -0.05) is 0 Å². The van der Waals surface area contributed by atoms with E-state index in [2.05, 4.69) is 97.9 Å². The molecular weight excluding hydrogens is 354 g/mol. The van der Waals surface area contributed by atoms with Crippen molar-refractivity contribution in [3.8, 4) is 0 Å². The Hall–Kier alpha value is -1.33. The van der Waals surface area contributed by atoms with Gasteiger partial charge in [-0.2, -0.15) is 0 Å². The minimum absolute atomic E-state index is 0. The van der Waals surface area contributed by atoms with Gasteiger partial charge < -0.3 is 0 Å². The van der Waals surface area contributed by atoms with Crippen molar-refractivity contribution in [1.82, 2.24) is 0 Å². The number of hydrogen-bond donors (Lipinski definition) is 0. The zero-order valence-corrected chi connectivity index (χ0v) is 16.3. The third kappa shape index (κ3) is 3.00. The third-order valence-electron chi connectivity index (χ3n) is 4.53. The van der Waals surface area contributed by atoms with Crippen LogP contribution in [-0.2, 0) is 0 Å². The number of benzene rings is 3. The molecule has 0 N–H and O–H groups in total. The molecule has 126 valence electrons. The van der Waals surface area contributed by atoms with E-state index in [1.807, 2.05) is 0 Å². The van der Waals surface area contributed by atoms with Crippen LogP contribution in [-0.4, -0.2) is 6.16 Å². The monoisotopic (exact) mass is 376 g/mol. The molecule has 3 heteroatoms. The minimum atomic E-state index is -2.96. The number of rotatable bonds is 5. The molecule has 0 aliphatic rings. The summed E-state index contributed by atoms with van der Waals surface area (Å²) >= 11 is 7.80. The normalized spacial score (nSPS) is 12.7. The van der Waals surface area contributed by atoms with Gasteiger partial charge in [0, 0.05) is 0 Å². The van der Waals surface area contributed by atoms with Gasteiger partial charge >= 0.3 is 144 Å². The molecule has 0 atom stereocenters. The summed E-state index contributed by atoms with van der Waals surface area (Å²) in [6.45, 7) is 2.22. The molecule has 3 aromatic carbocycles. The van der Waals surface area contributed by atoms with E-state index in [4.69, 9.17) is 11.2 Å². The molecule has 0 spiro atoms. The second-order valence-corrected chi connectivity index (χ2v) is 12.5. The largest absolute Gasteiger partial charge is 0.147 e. The Labute approximate surface area is 156 Å². The second-order valence-electron chi connectivity index (χ2n) is 5.91. The van der Waals surface area contributed by atoms with E-state index in [0.29, 0.717) is 0 Å². The van der Waals surface area contributed by atoms with Gasteiger partial charge in [0.15, 0.2) is 0 Å². The summed E-state index contributed by atoms with van der Waals surface area (Å²) in [4.78, 5) is 0. The van der Waals surface area contributed by atoms with Crippen LogP contribution in [0.15, 0.2) is 91.0 Å². The summed E-state index contributed by atoms with van der Waals surface area (Å²) < 4.78 is 0. The average molecular weight is 377 g/mol. The standard InChI is InChI=1S/C21H22ClP.ClH/c1-2-18-23(22,19-12-6-3-7-13-19,20-14-8-4-9-15-20)21-16-10-5-11-17-21;/h3-17H,2,18H2,1H3;1H. The first-order valence-corrected chi connectivity index (χ1v) is 11.4. The summed E-state index contributed by atoms with van der Waals surface area (Å²) in [6, 6.07) is 31.9. The van der Waals surface area contributed by atoms with E-state index in [0.717, 1.165) is 12.6 Å². The van der Waals surface area contributed by atoms with Gasteiger partial charge in [0.2, 0.25) is 0 Å². The first-order valence-electron chi connectivity index (χ1n) is 8.10. The molecule has 0 bridgehead atoms. The summed E-state index contributed by atoms with van der Waals surface area (Å²) in [7, 11) is 0. The van der Waals surface area contributed by atoms with E-state index in [-0.39, 0.29) is 12.4 Å². The third-order valence-corrected chi connectivity index (χ3v) is 12.2. The van der Waals surface area contributed by atoms with E-state index in [1.54, 1.807) is 0 Å². The molecule has 24 heavy (non-hydrogen) atoms. The summed E-state index contributed by atoms with van der Waals surface area (Å²) in [6.07, 6.45) is 2.01. The SMILES string of the molecule is CCCP(Cl)(c1ccccc1)(c1ccccc1)c1ccccc1.Cl. The van der Waals surface area contributed by atoms with E-state index >= 15 is 0 Å².